The number of rotatable bonds is 3. The van der Waals surface area contributed by atoms with Crippen LogP contribution in [0.15, 0.2) is 65.8 Å². The van der Waals surface area contributed by atoms with Crippen LogP contribution in [0.25, 0.3) is 5.69 Å². The van der Waals surface area contributed by atoms with Gasteiger partial charge in [-0.1, -0.05) is 12.1 Å². The number of benzene rings is 2. The Morgan fingerprint density at radius 3 is 2.86 bits per heavy atom. The second-order valence-corrected chi connectivity index (χ2v) is 6.43. The molecule has 0 unspecified atom stereocenters. The molecule has 1 aliphatic rings. The molecule has 2 heterocycles. The number of hydrogen-bond donors (Lipinski definition) is 1. The van der Waals surface area contributed by atoms with E-state index in [-0.39, 0.29) is 12.3 Å². The number of hydrogen-bond acceptors (Lipinski definition) is 5. The number of aliphatic imine (C=N–C) groups is 1. The van der Waals surface area contributed by atoms with Gasteiger partial charge in [-0.3, -0.25) is 9.79 Å². The second kappa shape index (κ2) is 7.44. The van der Waals surface area contributed by atoms with Crippen molar-refractivity contribution in [3.63, 3.8) is 0 Å². The van der Waals surface area contributed by atoms with Gasteiger partial charge in [-0.15, -0.1) is 0 Å². The predicted octanol–water partition coefficient (Wildman–Crippen LogP) is 3.60. The quantitative estimate of drug-likeness (QED) is 0.698. The molecule has 3 aromatic rings. The minimum absolute atomic E-state index is 0.0931. The van der Waals surface area contributed by atoms with Gasteiger partial charge in [0.25, 0.3) is 0 Å². The second-order valence-electron chi connectivity index (χ2n) is 6.43. The predicted molar refractivity (Wildman–Crippen MR) is 108 cm³/mol. The van der Waals surface area contributed by atoms with Crippen molar-refractivity contribution in [2.24, 2.45) is 4.99 Å². The van der Waals surface area contributed by atoms with Gasteiger partial charge in [0.05, 0.1) is 42.2 Å². The molecule has 4 rings (SSSR count). The third-order valence-corrected chi connectivity index (χ3v) is 4.58. The van der Waals surface area contributed by atoms with Crippen LogP contribution in [0.3, 0.4) is 0 Å². The first-order valence-corrected chi connectivity index (χ1v) is 8.87. The van der Waals surface area contributed by atoms with Crippen molar-refractivity contribution in [1.82, 2.24) is 4.57 Å². The fraction of sp³-hybridized carbons (Fsp3) is 0.0909. The summed E-state index contributed by atoms with van der Waals surface area (Å²) in [7, 11) is 1.33. The Kier molecular flexibility index (Phi) is 4.67. The van der Waals surface area contributed by atoms with Crippen LogP contribution in [-0.4, -0.2) is 29.3 Å². The van der Waals surface area contributed by atoms with Gasteiger partial charge in [0, 0.05) is 11.9 Å². The highest BCUT2D eigenvalue weighted by Crippen LogP contribution is 2.32. The first-order chi connectivity index (χ1) is 14.1. The molecule has 1 amide bonds. The van der Waals surface area contributed by atoms with Crippen molar-refractivity contribution < 1.29 is 14.3 Å². The monoisotopic (exact) mass is 384 g/mol. The summed E-state index contributed by atoms with van der Waals surface area (Å²) in [5, 5.41) is 12.0. The number of nitrogens with zero attached hydrogens (tertiary/aromatic N) is 3. The Bertz CT molecular complexity index is 1200. The molecule has 1 aliphatic heterocycles. The highest BCUT2D eigenvalue weighted by Gasteiger charge is 2.19. The van der Waals surface area contributed by atoms with Gasteiger partial charge in [0.1, 0.15) is 5.69 Å². The normalized spacial score (nSPS) is 12.8. The fourth-order valence-electron chi connectivity index (χ4n) is 3.21. The van der Waals surface area contributed by atoms with Crippen LogP contribution in [0.2, 0.25) is 0 Å². The molecule has 1 aromatic heterocycles. The van der Waals surface area contributed by atoms with Crippen LogP contribution in [0, 0.1) is 11.3 Å². The van der Waals surface area contributed by atoms with Gasteiger partial charge in [-0.05, 0) is 48.0 Å². The van der Waals surface area contributed by atoms with E-state index in [0.717, 1.165) is 5.56 Å². The summed E-state index contributed by atoms with van der Waals surface area (Å²) >= 11 is 0. The minimum Gasteiger partial charge on any atom is -0.464 e. The van der Waals surface area contributed by atoms with Crippen molar-refractivity contribution in [3.8, 4) is 11.8 Å². The highest BCUT2D eigenvalue weighted by atomic mass is 16.5. The lowest BCUT2D eigenvalue weighted by Gasteiger charge is -2.11. The number of carbonyl (C=O) groups excluding carboxylic acids is 2. The van der Waals surface area contributed by atoms with Crippen molar-refractivity contribution in [1.29, 1.82) is 5.26 Å². The standard InChI is InChI=1S/C22H16N4O3/c1-29-22(28)20-6-3-9-26(20)16-7-8-17-19(11-16)25-21(27)12-18(24-17)15-5-2-4-14(10-15)13-23/h2-11H,12H2,1H3,(H,25,27). The summed E-state index contributed by atoms with van der Waals surface area (Å²) < 4.78 is 6.50. The molecule has 0 spiro atoms. The maximum Gasteiger partial charge on any atom is 0.355 e. The summed E-state index contributed by atoms with van der Waals surface area (Å²) in [5.41, 5.74) is 4.04. The summed E-state index contributed by atoms with van der Waals surface area (Å²) in [4.78, 5) is 29.1. The summed E-state index contributed by atoms with van der Waals surface area (Å²) in [6.45, 7) is 0. The molecule has 142 valence electrons. The van der Waals surface area contributed by atoms with Crippen molar-refractivity contribution in [2.45, 2.75) is 6.42 Å². The smallest absolute Gasteiger partial charge is 0.355 e. The van der Waals surface area contributed by atoms with E-state index in [4.69, 9.17) is 10.00 Å². The van der Waals surface area contributed by atoms with Crippen LogP contribution >= 0.6 is 0 Å². The summed E-state index contributed by atoms with van der Waals surface area (Å²) in [5.74, 6) is -0.658. The van der Waals surface area contributed by atoms with Crippen molar-refractivity contribution in [3.05, 3.63) is 77.6 Å². The zero-order valence-corrected chi connectivity index (χ0v) is 15.5. The number of nitriles is 1. The maximum absolute atomic E-state index is 12.5. The van der Waals surface area contributed by atoms with E-state index in [1.54, 1.807) is 53.2 Å². The Hall–Kier alpha value is -4.18. The lowest BCUT2D eigenvalue weighted by Crippen LogP contribution is -2.15. The zero-order valence-electron chi connectivity index (χ0n) is 15.5. The van der Waals surface area contributed by atoms with E-state index in [1.807, 2.05) is 12.1 Å². The third-order valence-electron chi connectivity index (χ3n) is 4.58. The van der Waals surface area contributed by atoms with Gasteiger partial charge in [0.15, 0.2) is 0 Å². The number of carbonyl (C=O) groups is 2. The van der Waals surface area contributed by atoms with Gasteiger partial charge in [0.2, 0.25) is 5.91 Å². The largest absolute Gasteiger partial charge is 0.464 e. The molecule has 0 aliphatic carbocycles. The molecule has 29 heavy (non-hydrogen) atoms. The number of amides is 1. The van der Waals surface area contributed by atoms with E-state index in [0.29, 0.717) is 34.0 Å². The number of ether oxygens (including phenoxy) is 1. The first kappa shape index (κ1) is 18.2. The highest BCUT2D eigenvalue weighted by molar-refractivity contribution is 6.17. The molecule has 1 N–H and O–H groups in total. The molecule has 2 aromatic carbocycles. The van der Waals surface area contributed by atoms with Crippen LogP contribution in [0.5, 0.6) is 0 Å². The number of nitrogens with one attached hydrogen (secondary N) is 1. The number of methoxy groups -OCH3 is 1. The fourth-order valence-corrected chi connectivity index (χ4v) is 3.21. The summed E-state index contributed by atoms with van der Waals surface area (Å²) in [6.07, 6.45) is 1.84. The Labute approximate surface area is 166 Å². The molecule has 0 fully saturated rings. The molecule has 7 heteroatoms. The molecule has 0 atom stereocenters. The van der Waals surface area contributed by atoms with E-state index in [2.05, 4.69) is 16.4 Å². The molecular formula is C22H16N4O3. The number of anilines is 1. The SMILES string of the molecule is COC(=O)c1cccn1-c1ccc2c(c1)NC(=O)CC(c1cccc(C#N)c1)=N2. The van der Waals surface area contributed by atoms with Crippen LogP contribution in [0.4, 0.5) is 11.4 Å². The number of esters is 1. The average molecular weight is 384 g/mol. The zero-order chi connectivity index (χ0) is 20.4. The number of fused-ring (bicyclic) bond motifs is 1. The van der Waals surface area contributed by atoms with Crippen LogP contribution in [-0.2, 0) is 9.53 Å². The van der Waals surface area contributed by atoms with Gasteiger partial charge in [-0.2, -0.15) is 5.26 Å². The topological polar surface area (TPSA) is 96.5 Å². The van der Waals surface area contributed by atoms with Crippen molar-refractivity contribution in [2.75, 3.05) is 12.4 Å². The third kappa shape index (κ3) is 3.51. The van der Waals surface area contributed by atoms with E-state index in [9.17, 15) is 9.59 Å². The molecule has 0 radical (unpaired) electrons. The van der Waals surface area contributed by atoms with E-state index >= 15 is 0 Å². The average Bonchev–Trinajstić information content (AvgIpc) is 3.17. The minimum atomic E-state index is -0.452. The molecule has 0 bridgehead atoms. The maximum atomic E-state index is 12.5. The number of aromatic nitrogens is 1. The van der Waals surface area contributed by atoms with Gasteiger partial charge in [-0.25, -0.2) is 4.79 Å². The molecular weight excluding hydrogens is 368 g/mol. The summed E-state index contributed by atoms with van der Waals surface area (Å²) in [6, 6.07) is 17.9. The van der Waals surface area contributed by atoms with Crippen LogP contribution in [0.1, 0.15) is 28.0 Å². The van der Waals surface area contributed by atoms with Gasteiger partial charge >= 0.3 is 5.97 Å². The van der Waals surface area contributed by atoms with E-state index < -0.39 is 5.97 Å². The Morgan fingerprint density at radius 1 is 1.21 bits per heavy atom. The van der Waals surface area contributed by atoms with Gasteiger partial charge < -0.3 is 14.6 Å². The lowest BCUT2D eigenvalue weighted by atomic mass is 10.0. The lowest BCUT2D eigenvalue weighted by molar-refractivity contribution is -0.115. The van der Waals surface area contributed by atoms with Crippen molar-refractivity contribution >= 4 is 29.0 Å². The first-order valence-electron chi connectivity index (χ1n) is 8.87. The Balaban J connectivity index is 1.77. The molecule has 7 nitrogen and oxygen atoms in total. The molecule has 0 saturated carbocycles. The van der Waals surface area contributed by atoms with Crippen LogP contribution < -0.4 is 5.32 Å². The van der Waals surface area contributed by atoms with E-state index in [1.165, 1.54) is 7.11 Å². The molecule has 0 saturated heterocycles. The Morgan fingerprint density at radius 2 is 2.07 bits per heavy atom.